The third-order valence-electron chi connectivity index (χ3n) is 13.0. The van der Waals surface area contributed by atoms with E-state index in [0.29, 0.717) is 44.9 Å². The van der Waals surface area contributed by atoms with Gasteiger partial charge in [0.2, 0.25) is 0 Å². The van der Waals surface area contributed by atoms with Crippen molar-refractivity contribution in [3.05, 3.63) is 0 Å². The molecule has 4 heterocycles. The molecule has 21 unspecified atom stereocenters. The summed E-state index contributed by atoms with van der Waals surface area (Å²) in [4.78, 5) is 0. The highest BCUT2D eigenvalue weighted by Crippen LogP contribution is 2.52. The van der Waals surface area contributed by atoms with Gasteiger partial charge in [-0.25, -0.2) is 0 Å². The van der Waals surface area contributed by atoms with Crippen molar-refractivity contribution in [2.45, 2.75) is 187 Å². The first-order valence-electron chi connectivity index (χ1n) is 19.0. The van der Waals surface area contributed by atoms with Gasteiger partial charge < -0.3 is 79.5 Å². The molecule has 0 radical (unpaired) electrons. The molecule has 7 fully saturated rings. The Balaban J connectivity index is 1.14. The molecule has 294 valence electrons. The van der Waals surface area contributed by atoms with Gasteiger partial charge in [0.05, 0.1) is 67.6 Å². The minimum absolute atomic E-state index is 0.164. The predicted molar refractivity (Wildman–Crippen MR) is 171 cm³/mol. The second-order valence-corrected chi connectivity index (χ2v) is 16.4. The van der Waals surface area contributed by atoms with Crippen molar-refractivity contribution in [1.82, 2.24) is 0 Å². The Morgan fingerprint density at radius 2 is 1.18 bits per heavy atom. The van der Waals surface area contributed by atoms with E-state index < -0.39 is 98.5 Å². The van der Waals surface area contributed by atoms with Gasteiger partial charge in [-0.2, -0.15) is 0 Å². The maximum Gasteiger partial charge on any atom is 0.187 e. The molecule has 4 aliphatic heterocycles. The van der Waals surface area contributed by atoms with E-state index >= 15 is 0 Å². The highest BCUT2D eigenvalue weighted by atomic mass is 16.7. The molecule has 7 rings (SSSR count). The monoisotopic (exact) mass is 734 g/mol. The van der Waals surface area contributed by atoms with Crippen molar-refractivity contribution in [2.75, 3.05) is 6.61 Å². The first-order chi connectivity index (χ1) is 24.3. The van der Waals surface area contributed by atoms with Crippen LogP contribution in [0.2, 0.25) is 0 Å². The summed E-state index contributed by atoms with van der Waals surface area (Å²) in [6.07, 6.45) is -14.1. The lowest BCUT2D eigenvalue weighted by molar-refractivity contribution is -0.359. The number of hydrogen-bond acceptors (Lipinski definition) is 16. The van der Waals surface area contributed by atoms with Crippen LogP contribution < -0.4 is 0 Å². The van der Waals surface area contributed by atoms with Gasteiger partial charge in [0.15, 0.2) is 12.6 Å². The summed E-state index contributed by atoms with van der Waals surface area (Å²) < 4.78 is 37.5. The summed E-state index contributed by atoms with van der Waals surface area (Å²) in [5.74, 6) is -0.420. The number of aliphatic hydroxyl groups excluding tert-OH is 10. The Hall–Kier alpha value is -0.640. The van der Waals surface area contributed by atoms with Gasteiger partial charge >= 0.3 is 0 Å². The van der Waals surface area contributed by atoms with Gasteiger partial charge in [-0.15, -0.1) is 0 Å². The zero-order valence-corrected chi connectivity index (χ0v) is 29.0. The first kappa shape index (κ1) is 38.6. The van der Waals surface area contributed by atoms with Crippen LogP contribution in [0.15, 0.2) is 0 Å². The number of rotatable bonds is 7. The number of ether oxygens (including phenoxy) is 6. The van der Waals surface area contributed by atoms with Crippen LogP contribution in [0.5, 0.6) is 0 Å². The predicted octanol–water partition coefficient (Wildman–Crippen LogP) is -2.59. The van der Waals surface area contributed by atoms with Crippen molar-refractivity contribution in [2.24, 2.45) is 23.7 Å². The summed E-state index contributed by atoms with van der Waals surface area (Å²) >= 11 is 0. The Labute approximate surface area is 297 Å². The molecule has 3 aliphatic carbocycles. The van der Waals surface area contributed by atoms with Crippen molar-refractivity contribution in [3.63, 3.8) is 0 Å². The van der Waals surface area contributed by atoms with Gasteiger partial charge in [-0.3, -0.25) is 0 Å². The Morgan fingerprint density at radius 3 is 1.88 bits per heavy atom. The molecule has 0 amide bonds. The van der Waals surface area contributed by atoms with E-state index in [2.05, 4.69) is 0 Å². The standard InChI is InChI=1S/C35H58O16/c1-13-26(40)28(42)30(44)34(47-13)46-12-24-27(41)29(43)31(45)35(50-24)51-33-18-11-21(14-2-5-16(36)6-3-14)48-22-9-17(37)10-23(25(18)22)49-32(33)15-4-7-19(38)20(39)8-15/h13-45H,2-12H2,1H3. The number of hydrogen-bond donors (Lipinski definition) is 10. The molecular weight excluding hydrogens is 676 g/mol. The highest BCUT2D eigenvalue weighted by Gasteiger charge is 2.59. The van der Waals surface area contributed by atoms with Crippen LogP contribution in [0.1, 0.15) is 71.1 Å². The molecule has 4 saturated heterocycles. The smallest absolute Gasteiger partial charge is 0.187 e. The van der Waals surface area contributed by atoms with Crippen LogP contribution >= 0.6 is 0 Å². The van der Waals surface area contributed by atoms with E-state index in [1.165, 1.54) is 6.92 Å². The average molecular weight is 735 g/mol. The fourth-order valence-electron chi connectivity index (χ4n) is 10.1. The summed E-state index contributed by atoms with van der Waals surface area (Å²) in [5, 5.41) is 106. The molecule has 0 aromatic heterocycles. The Kier molecular flexibility index (Phi) is 12.0. The third kappa shape index (κ3) is 7.77. The average Bonchev–Trinajstić information content (AvgIpc) is 3.11. The minimum Gasteiger partial charge on any atom is -0.393 e. The lowest BCUT2D eigenvalue weighted by Crippen LogP contribution is -2.67. The van der Waals surface area contributed by atoms with Gasteiger partial charge in [-0.05, 0) is 88.9 Å². The van der Waals surface area contributed by atoms with Crippen LogP contribution in [-0.4, -0.2) is 174 Å². The molecule has 0 aromatic carbocycles. The Bertz CT molecular complexity index is 1140. The van der Waals surface area contributed by atoms with Crippen molar-refractivity contribution < 1.29 is 79.5 Å². The number of aliphatic hydroxyl groups is 10. The van der Waals surface area contributed by atoms with E-state index in [9.17, 15) is 51.1 Å². The van der Waals surface area contributed by atoms with Crippen molar-refractivity contribution in [1.29, 1.82) is 0 Å². The molecule has 21 atom stereocenters. The van der Waals surface area contributed by atoms with E-state index in [0.717, 1.165) is 12.8 Å². The normalized spacial score (nSPS) is 56.6. The molecule has 51 heavy (non-hydrogen) atoms. The van der Waals surface area contributed by atoms with Crippen molar-refractivity contribution >= 4 is 0 Å². The maximum absolute atomic E-state index is 11.2. The first-order valence-corrected chi connectivity index (χ1v) is 19.0. The van der Waals surface area contributed by atoms with Gasteiger partial charge in [0, 0.05) is 5.92 Å². The fourth-order valence-corrected chi connectivity index (χ4v) is 10.1. The lowest BCUT2D eigenvalue weighted by atomic mass is 9.63. The van der Waals surface area contributed by atoms with E-state index in [4.69, 9.17) is 28.4 Å². The van der Waals surface area contributed by atoms with Crippen LogP contribution in [0.4, 0.5) is 0 Å². The van der Waals surface area contributed by atoms with E-state index in [-0.39, 0.29) is 54.5 Å². The molecule has 16 nitrogen and oxygen atoms in total. The topological polar surface area (TPSA) is 258 Å². The zero-order chi connectivity index (χ0) is 36.3. The molecule has 16 heteroatoms. The SMILES string of the molecule is CC1OC(OCC2OC(OC3C4CC(C5CCC(O)CC5)OC5CC(O)CC(OC3C3CCC(O)C(O)C3)C54)C(O)C(O)C2O)C(O)C(O)C1O. The second kappa shape index (κ2) is 15.8. The zero-order valence-electron chi connectivity index (χ0n) is 29.0. The molecule has 0 spiro atoms. The van der Waals surface area contributed by atoms with Gasteiger partial charge in [0.1, 0.15) is 42.7 Å². The van der Waals surface area contributed by atoms with E-state index in [1.54, 1.807) is 0 Å². The quantitative estimate of drug-likeness (QED) is 0.129. The largest absolute Gasteiger partial charge is 0.393 e. The van der Waals surface area contributed by atoms with Crippen molar-refractivity contribution in [3.8, 4) is 0 Å². The molecule has 3 saturated carbocycles. The van der Waals surface area contributed by atoms with Crippen LogP contribution in [0, 0.1) is 23.7 Å². The molecule has 0 aromatic rings. The van der Waals surface area contributed by atoms with Crippen LogP contribution in [-0.2, 0) is 28.4 Å². The summed E-state index contributed by atoms with van der Waals surface area (Å²) in [7, 11) is 0. The second-order valence-electron chi connectivity index (χ2n) is 16.4. The molecule has 7 aliphatic rings. The van der Waals surface area contributed by atoms with Gasteiger partial charge in [-0.1, -0.05) is 0 Å². The lowest BCUT2D eigenvalue weighted by Gasteiger charge is -2.59. The summed E-state index contributed by atoms with van der Waals surface area (Å²) in [6, 6.07) is 0. The Morgan fingerprint density at radius 1 is 0.529 bits per heavy atom. The van der Waals surface area contributed by atoms with Crippen LogP contribution in [0.25, 0.3) is 0 Å². The van der Waals surface area contributed by atoms with Gasteiger partial charge in [0.25, 0.3) is 0 Å². The molecule has 0 bridgehead atoms. The minimum atomic E-state index is -1.71. The van der Waals surface area contributed by atoms with Crippen LogP contribution in [0.3, 0.4) is 0 Å². The highest BCUT2D eigenvalue weighted by molar-refractivity contribution is 5.06. The van der Waals surface area contributed by atoms with E-state index in [1.807, 2.05) is 0 Å². The summed E-state index contributed by atoms with van der Waals surface area (Å²) in [5.41, 5.74) is 0. The molecule has 10 N–H and O–H groups in total. The maximum atomic E-state index is 11.2. The fraction of sp³-hybridized carbons (Fsp3) is 1.00. The third-order valence-corrected chi connectivity index (χ3v) is 13.0. The molecular formula is C35H58O16. The summed E-state index contributed by atoms with van der Waals surface area (Å²) in [6.45, 7) is 1.07.